The Balaban J connectivity index is 0.00000130. The van der Waals surface area contributed by atoms with Crippen LogP contribution in [0.25, 0.3) is 32.7 Å². The molecule has 1 unspecified atom stereocenters. The van der Waals surface area contributed by atoms with Crippen LogP contribution in [-0.4, -0.2) is 0 Å². The van der Waals surface area contributed by atoms with Gasteiger partial charge in [-0.3, -0.25) is 0 Å². The van der Waals surface area contributed by atoms with Gasteiger partial charge in [-0.2, -0.15) is 0 Å². The molecule has 0 radical (unpaired) electrons. The summed E-state index contributed by atoms with van der Waals surface area (Å²) in [7, 11) is 0. The molecular formula is C30H25Cl2Zr. The molecule has 0 spiro atoms. The molecule has 4 aromatic rings. The molecule has 33 heavy (non-hydrogen) atoms. The van der Waals surface area contributed by atoms with E-state index in [9.17, 15) is 0 Å². The Hall–Kier alpha value is -1.66. The first-order chi connectivity index (χ1) is 14.9. The summed E-state index contributed by atoms with van der Waals surface area (Å²) in [4.78, 5) is 0. The number of halogens is 2. The summed E-state index contributed by atoms with van der Waals surface area (Å²) in [5, 5.41) is 5.78. The summed E-state index contributed by atoms with van der Waals surface area (Å²) in [6.45, 7) is 6.92. The van der Waals surface area contributed by atoms with Gasteiger partial charge in [-0.15, -0.1) is 0 Å². The van der Waals surface area contributed by atoms with Gasteiger partial charge in [0.05, 0.1) is 0 Å². The van der Waals surface area contributed by atoms with Crippen molar-refractivity contribution in [1.29, 1.82) is 0 Å². The molecule has 0 aromatic heterocycles. The number of hydrogen-bond donors (Lipinski definition) is 0. The van der Waals surface area contributed by atoms with Crippen molar-refractivity contribution in [3.05, 3.63) is 101 Å². The van der Waals surface area contributed by atoms with Crippen molar-refractivity contribution in [2.45, 2.75) is 33.1 Å². The Bertz CT molecular complexity index is 1450. The van der Waals surface area contributed by atoms with Crippen molar-refractivity contribution in [3.63, 3.8) is 0 Å². The van der Waals surface area contributed by atoms with Gasteiger partial charge in [-0.1, -0.05) is 0 Å². The van der Waals surface area contributed by atoms with E-state index in [-0.39, 0.29) is 30.2 Å². The third kappa shape index (κ3) is 3.78. The number of rotatable bonds is 1. The molecule has 0 nitrogen and oxygen atoms in total. The molecular weight excluding hydrogens is 522 g/mol. The molecule has 3 heteroatoms. The second-order valence-electron chi connectivity index (χ2n) is 9.94. The molecule has 2 aliphatic carbocycles. The maximum atomic E-state index is 2.48. The molecule has 6 rings (SSSR count). The van der Waals surface area contributed by atoms with Gasteiger partial charge >= 0.3 is 200 Å². The molecule has 0 fully saturated rings. The van der Waals surface area contributed by atoms with E-state index in [2.05, 4.69) is 99.7 Å². The Morgan fingerprint density at radius 2 is 1.55 bits per heavy atom. The molecule has 2 aliphatic rings. The molecule has 0 N–H and O–H groups in total. The molecule has 0 heterocycles. The van der Waals surface area contributed by atoms with Gasteiger partial charge < -0.3 is 24.8 Å². The summed E-state index contributed by atoms with van der Waals surface area (Å²) >= 11 is 1.49. The quantitative estimate of drug-likeness (QED) is 0.278. The average molecular weight is 548 g/mol. The predicted molar refractivity (Wildman–Crippen MR) is 129 cm³/mol. The summed E-state index contributed by atoms with van der Waals surface area (Å²) in [5.74, 6) is 0.337. The van der Waals surface area contributed by atoms with Crippen LogP contribution in [-0.2, 0) is 31.1 Å². The number of allylic oxidation sites excluding steroid dienone is 4. The normalized spacial score (nSPS) is 16.3. The first-order valence-corrected chi connectivity index (χ1v) is 12.4. The van der Waals surface area contributed by atoms with E-state index in [1.54, 1.807) is 0 Å². The molecule has 0 saturated carbocycles. The zero-order chi connectivity index (χ0) is 21.3. The zero-order valence-corrected chi connectivity index (χ0v) is 23.0. The van der Waals surface area contributed by atoms with E-state index in [1.807, 2.05) is 0 Å². The molecule has 0 amide bonds. The van der Waals surface area contributed by atoms with Crippen LogP contribution in [0, 0.1) is 5.41 Å². The predicted octanol–water partition coefficient (Wildman–Crippen LogP) is 1.37. The number of benzene rings is 4. The van der Waals surface area contributed by atoms with Crippen LogP contribution in [0.2, 0.25) is 0 Å². The second-order valence-corrected chi connectivity index (χ2v) is 11.3. The smallest absolute Gasteiger partial charge is 1.00 e. The minimum atomic E-state index is 0. The molecule has 1 atom stereocenters. The molecule has 4 aromatic carbocycles. The summed E-state index contributed by atoms with van der Waals surface area (Å²) in [6, 6.07) is 22.9. The summed E-state index contributed by atoms with van der Waals surface area (Å²) in [5.41, 5.74) is 8.94. The van der Waals surface area contributed by atoms with Crippen LogP contribution >= 0.6 is 0 Å². The number of hydrogen-bond acceptors (Lipinski definition) is 0. The minimum absolute atomic E-state index is 0. The molecule has 163 valence electrons. The zero-order valence-electron chi connectivity index (χ0n) is 19.0. The maximum absolute atomic E-state index is 2.48. The van der Waals surface area contributed by atoms with E-state index >= 15 is 0 Å². The van der Waals surface area contributed by atoms with E-state index < -0.39 is 0 Å². The fourth-order valence-electron chi connectivity index (χ4n) is 5.53. The van der Waals surface area contributed by atoms with Gasteiger partial charge in [0.1, 0.15) is 0 Å². The largest absolute Gasteiger partial charge is 1.00 e. The van der Waals surface area contributed by atoms with Crippen LogP contribution in [0.3, 0.4) is 0 Å². The van der Waals surface area contributed by atoms with Crippen LogP contribution < -0.4 is 28.1 Å². The third-order valence-corrected chi connectivity index (χ3v) is 8.05. The van der Waals surface area contributed by atoms with Crippen molar-refractivity contribution in [1.82, 2.24) is 0 Å². The maximum Gasteiger partial charge on any atom is -1.00 e. The monoisotopic (exact) mass is 545 g/mol. The SMILES string of the molecule is CC(C)(C)C1=CC(c2cccc3c4c(c5[c]([Zr+2])cccc5c23)Cc2ccccc2-4)C=C1.[Cl-].[Cl-]. The van der Waals surface area contributed by atoms with Crippen LogP contribution in [0.5, 0.6) is 0 Å². The van der Waals surface area contributed by atoms with Crippen molar-refractivity contribution in [2.24, 2.45) is 5.41 Å². The minimum Gasteiger partial charge on any atom is -1.00 e. The van der Waals surface area contributed by atoms with E-state index in [1.165, 1.54) is 82.9 Å². The van der Waals surface area contributed by atoms with E-state index in [0.29, 0.717) is 5.92 Å². The first kappa shape index (κ1) is 24.5. The summed E-state index contributed by atoms with van der Waals surface area (Å²) in [6.07, 6.45) is 8.25. The van der Waals surface area contributed by atoms with E-state index in [4.69, 9.17) is 0 Å². The summed E-state index contributed by atoms with van der Waals surface area (Å²) < 4.78 is 1.47. The van der Waals surface area contributed by atoms with Crippen molar-refractivity contribution < 1.29 is 49.5 Å². The van der Waals surface area contributed by atoms with Crippen LogP contribution in [0.4, 0.5) is 0 Å². The van der Waals surface area contributed by atoms with Crippen molar-refractivity contribution >= 4 is 24.8 Å². The first-order valence-electron chi connectivity index (χ1n) is 11.1. The van der Waals surface area contributed by atoms with Gasteiger partial charge in [0.15, 0.2) is 0 Å². The van der Waals surface area contributed by atoms with Gasteiger partial charge in [-0.25, -0.2) is 0 Å². The van der Waals surface area contributed by atoms with Crippen molar-refractivity contribution in [3.8, 4) is 11.1 Å². The molecule has 0 bridgehead atoms. The Morgan fingerprint density at radius 3 is 2.30 bits per heavy atom. The van der Waals surface area contributed by atoms with Gasteiger partial charge in [0.2, 0.25) is 0 Å². The van der Waals surface area contributed by atoms with Crippen LogP contribution in [0.1, 0.15) is 43.4 Å². The van der Waals surface area contributed by atoms with Gasteiger partial charge in [0, 0.05) is 0 Å². The fourth-order valence-corrected chi connectivity index (χ4v) is 6.47. The van der Waals surface area contributed by atoms with Gasteiger partial charge in [-0.05, 0) is 0 Å². The third-order valence-electron chi connectivity index (χ3n) is 7.02. The van der Waals surface area contributed by atoms with Crippen LogP contribution in [0.15, 0.2) is 84.5 Å². The van der Waals surface area contributed by atoms with E-state index in [0.717, 1.165) is 6.42 Å². The topological polar surface area (TPSA) is 0 Å². The van der Waals surface area contributed by atoms with Crippen molar-refractivity contribution in [2.75, 3.05) is 0 Å². The fraction of sp³-hybridized carbons (Fsp3) is 0.200. The second kappa shape index (κ2) is 8.85. The molecule has 0 aliphatic heterocycles. The Labute approximate surface area is 223 Å². The van der Waals surface area contributed by atoms with Gasteiger partial charge in [0.25, 0.3) is 0 Å². The molecule has 0 saturated heterocycles. The Morgan fingerprint density at radius 1 is 0.818 bits per heavy atom. The average Bonchev–Trinajstić information content (AvgIpc) is 3.39. The Kier molecular flexibility index (Phi) is 6.56. The number of fused-ring (bicyclic) bond motifs is 8. The standard InChI is InChI=1S/C30H25.2ClH.Zr/c1-30(2,3)21-16-15-20(17-21)23-13-8-14-26-28(23)25-12-7-6-11-24(25)27-18-19-9-4-5-10-22(19)29(26)27;;;/h4-10,12-17,20H,18H2,1-3H3;2*1H;/q;;;+2/p-2.